The number of aromatic nitrogens is 1. The molecule has 4 nitrogen and oxygen atoms in total. The van der Waals surface area contributed by atoms with Crippen molar-refractivity contribution in [3.63, 3.8) is 0 Å². The Kier molecular flexibility index (Phi) is 5.92. The molecule has 0 spiro atoms. The van der Waals surface area contributed by atoms with Crippen LogP contribution in [0.4, 0.5) is 11.4 Å². The van der Waals surface area contributed by atoms with Gasteiger partial charge in [-0.2, -0.15) is 0 Å². The lowest BCUT2D eigenvalue weighted by atomic mass is 10.2. The van der Waals surface area contributed by atoms with Gasteiger partial charge in [-0.15, -0.1) is 6.42 Å². The SMILES string of the molecule is C#Cc1cc(Oc2ccc(NC)c(N)c2)ccn1.CC. The van der Waals surface area contributed by atoms with E-state index in [1.165, 1.54) is 0 Å². The summed E-state index contributed by atoms with van der Waals surface area (Å²) in [6.45, 7) is 4.00. The van der Waals surface area contributed by atoms with E-state index in [1.807, 2.05) is 33.0 Å². The molecule has 0 bridgehead atoms. The van der Waals surface area contributed by atoms with Crippen molar-refractivity contribution in [1.29, 1.82) is 0 Å². The minimum Gasteiger partial charge on any atom is -0.457 e. The summed E-state index contributed by atoms with van der Waals surface area (Å²) in [5.74, 6) is 3.74. The molecule has 0 aliphatic heterocycles. The smallest absolute Gasteiger partial charge is 0.131 e. The van der Waals surface area contributed by atoms with Gasteiger partial charge in [0.05, 0.1) is 11.4 Å². The van der Waals surface area contributed by atoms with Crippen molar-refractivity contribution in [2.24, 2.45) is 0 Å². The van der Waals surface area contributed by atoms with Crippen molar-refractivity contribution >= 4 is 11.4 Å². The van der Waals surface area contributed by atoms with Gasteiger partial charge in [0.15, 0.2) is 0 Å². The largest absolute Gasteiger partial charge is 0.457 e. The Morgan fingerprint density at radius 1 is 1.20 bits per heavy atom. The molecular formula is C16H19N3O. The third-order valence-corrected chi connectivity index (χ3v) is 2.41. The van der Waals surface area contributed by atoms with E-state index in [9.17, 15) is 0 Å². The highest BCUT2D eigenvalue weighted by Crippen LogP contribution is 2.27. The molecule has 1 heterocycles. The molecule has 1 aromatic heterocycles. The Labute approximate surface area is 120 Å². The van der Waals surface area contributed by atoms with Gasteiger partial charge in [0, 0.05) is 25.4 Å². The monoisotopic (exact) mass is 269 g/mol. The Morgan fingerprint density at radius 2 is 1.90 bits per heavy atom. The van der Waals surface area contributed by atoms with Crippen LogP contribution < -0.4 is 15.8 Å². The lowest BCUT2D eigenvalue weighted by Crippen LogP contribution is -1.96. The molecule has 0 radical (unpaired) electrons. The maximum atomic E-state index is 5.85. The number of nitrogen functional groups attached to an aromatic ring is 1. The second-order valence-electron chi connectivity index (χ2n) is 3.62. The quantitative estimate of drug-likeness (QED) is 0.661. The summed E-state index contributed by atoms with van der Waals surface area (Å²) in [6, 6.07) is 8.87. The number of terminal acetylenes is 1. The lowest BCUT2D eigenvalue weighted by molar-refractivity contribution is 0.482. The van der Waals surface area contributed by atoms with Crippen LogP contribution in [0.15, 0.2) is 36.5 Å². The number of hydrogen-bond acceptors (Lipinski definition) is 4. The summed E-state index contributed by atoms with van der Waals surface area (Å²) in [5.41, 5.74) is 7.88. The van der Waals surface area contributed by atoms with E-state index < -0.39 is 0 Å². The van der Waals surface area contributed by atoms with Gasteiger partial charge in [0.25, 0.3) is 0 Å². The highest BCUT2D eigenvalue weighted by molar-refractivity contribution is 5.68. The molecule has 1 aromatic carbocycles. The number of pyridine rings is 1. The zero-order chi connectivity index (χ0) is 15.0. The van der Waals surface area contributed by atoms with Crippen LogP contribution >= 0.6 is 0 Å². The molecule has 4 heteroatoms. The number of hydrogen-bond donors (Lipinski definition) is 2. The van der Waals surface area contributed by atoms with Crippen molar-refractivity contribution in [3.8, 4) is 23.8 Å². The van der Waals surface area contributed by atoms with Gasteiger partial charge in [-0.1, -0.05) is 19.8 Å². The molecule has 0 saturated carbocycles. The van der Waals surface area contributed by atoms with Gasteiger partial charge in [-0.25, -0.2) is 4.98 Å². The molecule has 0 fully saturated rings. The van der Waals surface area contributed by atoms with E-state index in [4.69, 9.17) is 16.9 Å². The van der Waals surface area contributed by atoms with Gasteiger partial charge >= 0.3 is 0 Å². The minimum atomic E-state index is 0.535. The molecular weight excluding hydrogens is 250 g/mol. The molecule has 0 aliphatic carbocycles. The van der Waals surface area contributed by atoms with Crippen molar-refractivity contribution in [2.75, 3.05) is 18.1 Å². The summed E-state index contributed by atoms with van der Waals surface area (Å²) in [6.07, 6.45) is 6.88. The summed E-state index contributed by atoms with van der Waals surface area (Å²) < 4.78 is 5.66. The third-order valence-electron chi connectivity index (χ3n) is 2.41. The minimum absolute atomic E-state index is 0.535. The second kappa shape index (κ2) is 7.70. The van der Waals surface area contributed by atoms with Crippen LogP contribution in [-0.2, 0) is 0 Å². The van der Waals surface area contributed by atoms with Gasteiger partial charge in [-0.05, 0) is 18.2 Å². The summed E-state index contributed by atoms with van der Waals surface area (Å²) >= 11 is 0. The maximum Gasteiger partial charge on any atom is 0.131 e. The van der Waals surface area contributed by atoms with Gasteiger partial charge in [0.1, 0.15) is 17.2 Å². The van der Waals surface area contributed by atoms with Crippen LogP contribution in [0, 0.1) is 12.3 Å². The number of nitrogens with one attached hydrogen (secondary N) is 1. The van der Waals surface area contributed by atoms with Crippen molar-refractivity contribution in [3.05, 3.63) is 42.2 Å². The fourth-order valence-electron chi connectivity index (χ4n) is 1.52. The normalized spacial score (nSPS) is 8.90. The molecule has 3 N–H and O–H groups in total. The van der Waals surface area contributed by atoms with Crippen LogP contribution in [0.3, 0.4) is 0 Å². The van der Waals surface area contributed by atoms with Crippen LogP contribution in [0.1, 0.15) is 19.5 Å². The number of nitrogens with zero attached hydrogens (tertiary/aromatic N) is 1. The molecule has 0 aliphatic rings. The first-order chi connectivity index (χ1) is 9.72. The van der Waals surface area contributed by atoms with Gasteiger partial charge < -0.3 is 15.8 Å². The Bertz CT molecular complexity index is 603. The fourth-order valence-corrected chi connectivity index (χ4v) is 1.52. The first-order valence-electron chi connectivity index (χ1n) is 6.40. The number of benzene rings is 1. The number of nitrogens with two attached hydrogens (primary N) is 1. The third kappa shape index (κ3) is 3.92. The Balaban J connectivity index is 0.000000956. The summed E-state index contributed by atoms with van der Waals surface area (Å²) in [4.78, 5) is 3.99. The Morgan fingerprint density at radius 3 is 2.50 bits per heavy atom. The molecule has 0 unspecified atom stereocenters. The van der Waals surface area contributed by atoms with E-state index >= 15 is 0 Å². The van der Waals surface area contributed by atoms with Gasteiger partial charge in [-0.3, -0.25) is 0 Å². The molecule has 20 heavy (non-hydrogen) atoms. The van der Waals surface area contributed by atoms with Crippen LogP contribution in [0.25, 0.3) is 0 Å². The van der Waals surface area contributed by atoms with Crippen LogP contribution in [-0.4, -0.2) is 12.0 Å². The first kappa shape index (κ1) is 15.4. The number of rotatable bonds is 3. The zero-order valence-electron chi connectivity index (χ0n) is 12.0. The maximum absolute atomic E-state index is 5.85. The predicted molar refractivity (Wildman–Crippen MR) is 84.0 cm³/mol. The molecule has 0 atom stereocenters. The predicted octanol–water partition coefficient (Wildman–Crippen LogP) is 3.51. The van der Waals surface area contributed by atoms with Crippen LogP contribution in [0.2, 0.25) is 0 Å². The zero-order valence-corrected chi connectivity index (χ0v) is 12.0. The fraction of sp³-hybridized carbons (Fsp3) is 0.188. The highest BCUT2D eigenvalue weighted by atomic mass is 16.5. The lowest BCUT2D eigenvalue weighted by Gasteiger charge is -2.09. The average molecular weight is 269 g/mol. The van der Waals surface area contributed by atoms with Crippen molar-refractivity contribution in [2.45, 2.75) is 13.8 Å². The van der Waals surface area contributed by atoms with Crippen molar-refractivity contribution in [1.82, 2.24) is 4.98 Å². The first-order valence-corrected chi connectivity index (χ1v) is 6.40. The second-order valence-corrected chi connectivity index (χ2v) is 3.62. The molecule has 0 saturated heterocycles. The average Bonchev–Trinajstić information content (AvgIpc) is 2.50. The van der Waals surface area contributed by atoms with E-state index in [0.717, 1.165) is 5.69 Å². The molecule has 0 amide bonds. The highest BCUT2D eigenvalue weighted by Gasteiger charge is 2.02. The van der Waals surface area contributed by atoms with E-state index in [0.29, 0.717) is 22.9 Å². The molecule has 104 valence electrons. The standard InChI is InChI=1S/C14H13N3O.C2H6/c1-3-10-8-12(6-7-17-10)18-11-4-5-14(16-2)13(15)9-11;1-2/h1,4-9,16H,15H2,2H3;1-2H3. The summed E-state index contributed by atoms with van der Waals surface area (Å²) in [5, 5.41) is 2.99. The topological polar surface area (TPSA) is 60.2 Å². The van der Waals surface area contributed by atoms with Crippen molar-refractivity contribution < 1.29 is 4.74 Å². The number of ether oxygens (including phenoxy) is 1. The van der Waals surface area contributed by atoms with Crippen LogP contribution in [0.5, 0.6) is 11.5 Å². The molecule has 2 aromatic rings. The van der Waals surface area contributed by atoms with E-state index in [-0.39, 0.29) is 0 Å². The van der Waals surface area contributed by atoms with E-state index in [1.54, 1.807) is 24.4 Å². The molecule has 2 rings (SSSR count). The Hall–Kier alpha value is -2.67. The summed E-state index contributed by atoms with van der Waals surface area (Å²) in [7, 11) is 1.81. The van der Waals surface area contributed by atoms with E-state index in [2.05, 4.69) is 16.2 Å². The van der Waals surface area contributed by atoms with Gasteiger partial charge in [0.2, 0.25) is 0 Å². The number of anilines is 2.